The van der Waals surface area contributed by atoms with Crippen molar-refractivity contribution < 1.29 is 14.3 Å². The van der Waals surface area contributed by atoms with E-state index in [0.29, 0.717) is 49.3 Å². The van der Waals surface area contributed by atoms with E-state index < -0.39 is 0 Å². The van der Waals surface area contributed by atoms with E-state index >= 15 is 0 Å². The van der Waals surface area contributed by atoms with E-state index in [1.165, 1.54) is 0 Å². The molecular weight excluding hydrogens is 370 g/mol. The van der Waals surface area contributed by atoms with E-state index in [0.717, 1.165) is 5.69 Å². The van der Waals surface area contributed by atoms with Crippen molar-refractivity contribution in [2.24, 2.45) is 0 Å². The molecule has 0 atom stereocenters. The number of carbonyl (C=O) groups is 2. The van der Waals surface area contributed by atoms with Crippen LogP contribution in [0.2, 0.25) is 0 Å². The highest BCUT2D eigenvalue weighted by atomic mass is 16.6. The first-order valence-corrected chi connectivity index (χ1v) is 9.77. The molecule has 0 spiro atoms. The molecule has 3 heterocycles. The van der Waals surface area contributed by atoms with Crippen LogP contribution in [0.15, 0.2) is 48.9 Å². The summed E-state index contributed by atoms with van der Waals surface area (Å²) in [4.78, 5) is 35.0. The number of likely N-dealkylation sites (tertiary alicyclic amines) is 1. The van der Waals surface area contributed by atoms with Crippen molar-refractivity contribution in [2.45, 2.75) is 25.8 Å². The predicted octanol–water partition coefficient (Wildman–Crippen LogP) is 2.77. The van der Waals surface area contributed by atoms with Crippen molar-refractivity contribution in [1.29, 1.82) is 0 Å². The molecule has 150 valence electrons. The fourth-order valence-electron chi connectivity index (χ4n) is 3.49. The van der Waals surface area contributed by atoms with Gasteiger partial charge in [-0.2, -0.15) is 0 Å². The molecule has 0 aliphatic carbocycles. The number of fused-ring (bicyclic) bond motifs is 1. The zero-order valence-electron chi connectivity index (χ0n) is 16.2. The molecule has 0 saturated carbocycles. The van der Waals surface area contributed by atoms with Gasteiger partial charge in [-0.15, -0.1) is 0 Å². The molecule has 8 heteroatoms. The molecule has 2 aromatic heterocycles. The van der Waals surface area contributed by atoms with Gasteiger partial charge < -0.3 is 15.0 Å². The first kappa shape index (κ1) is 18.9. The molecule has 1 fully saturated rings. The summed E-state index contributed by atoms with van der Waals surface area (Å²) >= 11 is 0. The van der Waals surface area contributed by atoms with Gasteiger partial charge in [0, 0.05) is 31.0 Å². The normalized spacial score (nSPS) is 14.7. The van der Waals surface area contributed by atoms with Crippen LogP contribution in [0.4, 0.5) is 4.79 Å². The number of carbonyl (C=O) groups excluding carboxylic acids is 2. The number of amides is 2. The lowest BCUT2D eigenvalue weighted by Crippen LogP contribution is -2.46. The molecule has 8 nitrogen and oxygen atoms in total. The lowest BCUT2D eigenvalue weighted by atomic mass is 10.0. The Morgan fingerprint density at radius 3 is 2.66 bits per heavy atom. The number of rotatable bonds is 4. The molecule has 0 radical (unpaired) electrons. The van der Waals surface area contributed by atoms with Gasteiger partial charge >= 0.3 is 6.09 Å². The fraction of sp³-hybridized carbons (Fsp3) is 0.333. The van der Waals surface area contributed by atoms with E-state index in [1.54, 1.807) is 30.4 Å². The average molecular weight is 393 g/mol. The summed E-state index contributed by atoms with van der Waals surface area (Å²) in [6.45, 7) is 3.30. The van der Waals surface area contributed by atoms with E-state index in [2.05, 4.69) is 15.3 Å². The van der Waals surface area contributed by atoms with Crippen LogP contribution in [0, 0.1) is 0 Å². The van der Waals surface area contributed by atoms with Gasteiger partial charge in [-0.3, -0.25) is 9.36 Å². The second kappa shape index (κ2) is 8.30. The lowest BCUT2D eigenvalue weighted by Gasteiger charge is -2.31. The third kappa shape index (κ3) is 4.06. The number of imidazole rings is 1. The maximum Gasteiger partial charge on any atom is 0.409 e. The molecule has 2 amide bonds. The molecule has 3 aromatic rings. The number of hydrogen-bond acceptors (Lipinski definition) is 5. The maximum absolute atomic E-state index is 12.7. The molecule has 1 aliphatic heterocycles. The van der Waals surface area contributed by atoms with Crippen LogP contribution in [-0.2, 0) is 4.74 Å². The summed E-state index contributed by atoms with van der Waals surface area (Å²) in [6.07, 6.45) is 4.39. The topological polar surface area (TPSA) is 89.3 Å². The SMILES string of the molecule is CCOC(=O)N1CCC(NC(=O)c2cnc3c(c2)ncn3-c2ccccc2)CC1. The molecule has 0 unspecified atom stereocenters. The van der Waals surface area contributed by atoms with Crippen molar-refractivity contribution in [2.75, 3.05) is 19.7 Å². The monoisotopic (exact) mass is 393 g/mol. The lowest BCUT2D eigenvalue weighted by molar-refractivity contribution is 0.0860. The molecule has 1 saturated heterocycles. The quantitative estimate of drug-likeness (QED) is 0.736. The van der Waals surface area contributed by atoms with Crippen molar-refractivity contribution >= 4 is 23.2 Å². The number of aromatic nitrogens is 3. The van der Waals surface area contributed by atoms with Crippen LogP contribution in [0.5, 0.6) is 0 Å². The van der Waals surface area contributed by atoms with Gasteiger partial charge in [-0.05, 0) is 38.0 Å². The Balaban J connectivity index is 1.41. The zero-order chi connectivity index (χ0) is 20.2. The first-order chi connectivity index (χ1) is 14.2. The van der Waals surface area contributed by atoms with E-state index in [1.807, 2.05) is 34.9 Å². The highest BCUT2D eigenvalue weighted by Gasteiger charge is 2.25. The van der Waals surface area contributed by atoms with Crippen molar-refractivity contribution in [3.05, 3.63) is 54.5 Å². The third-order valence-electron chi connectivity index (χ3n) is 5.04. The summed E-state index contributed by atoms with van der Waals surface area (Å²) < 4.78 is 6.92. The molecule has 4 rings (SSSR count). The van der Waals surface area contributed by atoms with Gasteiger partial charge in [0.1, 0.15) is 11.8 Å². The Bertz CT molecular complexity index is 1010. The van der Waals surface area contributed by atoms with Crippen molar-refractivity contribution in [1.82, 2.24) is 24.8 Å². The van der Waals surface area contributed by atoms with E-state index in [4.69, 9.17) is 4.74 Å². The average Bonchev–Trinajstić information content (AvgIpc) is 3.18. The first-order valence-electron chi connectivity index (χ1n) is 9.77. The number of benzene rings is 1. The van der Waals surface area contributed by atoms with Crippen LogP contribution in [0.1, 0.15) is 30.1 Å². The van der Waals surface area contributed by atoms with Gasteiger partial charge in [0.05, 0.1) is 12.2 Å². The van der Waals surface area contributed by atoms with Crippen LogP contribution >= 0.6 is 0 Å². The Morgan fingerprint density at radius 1 is 1.17 bits per heavy atom. The summed E-state index contributed by atoms with van der Waals surface area (Å²) in [5.74, 6) is -0.178. The predicted molar refractivity (Wildman–Crippen MR) is 108 cm³/mol. The Kier molecular flexibility index (Phi) is 5.41. The minimum absolute atomic E-state index is 0.0192. The fourth-order valence-corrected chi connectivity index (χ4v) is 3.49. The molecule has 0 bridgehead atoms. The number of para-hydroxylation sites is 1. The summed E-state index contributed by atoms with van der Waals surface area (Å²) in [7, 11) is 0. The number of nitrogens with zero attached hydrogens (tertiary/aromatic N) is 4. The Morgan fingerprint density at radius 2 is 1.93 bits per heavy atom. The van der Waals surface area contributed by atoms with Crippen LogP contribution < -0.4 is 5.32 Å². The summed E-state index contributed by atoms with van der Waals surface area (Å²) in [5.41, 5.74) is 2.81. The van der Waals surface area contributed by atoms with Gasteiger partial charge in [0.2, 0.25) is 0 Å². The minimum Gasteiger partial charge on any atom is -0.450 e. The number of pyridine rings is 1. The number of piperidine rings is 1. The smallest absolute Gasteiger partial charge is 0.409 e. The zero-order valence-corrected chi connectivity index (χ0v) is 16.2. The standard InChI is InChI=1S/C21H23N5O3/c1-2-29-21(28)25-10-8-16(9-11-25)24-20(27)15-12-18-19(22-13-15)26(14-23-18)17-6-4-3-5-7-17/h3-7,12-14,16H,2,8-11H2,1H3,(H,24,27). The second-order valence-electron chi connectivity index (χ2n) is 6.95. The van der Waals surface area contributed by atoms with Crippen molar-refractivity contribution in [3.8, 4) is 5.69 Å². The molecule has 29 heavy (non-hydrogen) atoms. The van der Waals surface area contributed by atoms with E-state index in [-0.39, 0.29) is 18.0 Å². The van der Waals surface area contributed by atoms with Gasteiger partial charge in [0.25, 0.3) is 5.91 Å². The number of nitrogens with one attached hydrogen (secondary N) is 1. The summed E-state index contributed by atoms with van der Waals surface area (Å²) in [5, 5.41) is 3.04. The van der Waals surface area contributed by atoms with Crippen LogP contribution in [0.25, 0.3) is 16.9 Å². The third-order valence-corrected chi connectivity index (χ3v) is 5.04. The molecule has 1 aliphatic rings. The van der Waals surface area contributed by atoms with Gasteiger partial charge in [-0.1, -0.05) is 18.2 Å². The van der Waals surface area contributed by atoms with Crippen molar-refractivity contribution in [3.63, 3.8) is 0 Å². The van der Waals surface area contributed by atoms with Crippen LogP contribution in [0.3, 0.4) is 0 Å². The largest absolute Gasteiger partial charge is 0.450 e. The van der Waals surface area contributed by atoms with Gasteiger partial charge in [-0.25, -0.2) is 14.8 Å². The van der Waals surface area contributed by atoms with E-state index in [9.17, 15) is 9.59 Å². The van der Waals surface area contributed by atoms with Crippen LogP contribution in [-0.4, -0.2) is 57.2 Å². The second-order valence-corrected chi connectivity index (χ2v) is 6.95. The highest BCUT2D eigenvalue weighted by Crippen LogP contribution is 2.18. The minimum atomic E-state index is -0.291. The Hall–Kier alpha value is -3.42. The molecular formula is C21H23N5O3. The number of ether oxygens (including phenoxy) is 1. The molecule has 1 N–H and O–H groups in total. The Labute approximate surface area is 168 Å². The molecule has 1 aromatic carbocycles. The highest BCUT2D eigenvalue weighted by molar-refractivity contribution is 5.96. The summed E-state index contributed by atoms with van der Waals surface area (Å²) in [6, 6.07) is 11.6. The maximum atomic E-state index is 12.7. The number of hydrogen-bond donors (Lipinski definition) is 1. The van der Waals surface area contributed by atoms with Gasteiger partial charge in [0.15, 0.2) is 5.65 Å².